The molecule has 118 valence electrons. The van der Waals surface area contributed by atoms with E-state index in [4.69, 9.17) is 4.74 Å². The Hall–Kier alpha value is -0.420. The molecule has 0 aromatic heterocycles. The summed E-state index contributed by atoms with van der Waals surface area (Å²) in [5.41, 5.74) is 0. The highest BCUT2D eigenvalue weighted by atomic mass is 32.2. The third-order valence-corrected chi connectivity index (χ3v) is 4.56. The van der Waals surface area contributed by atoms with Crippen molar-refractivity contribution in [2.75, 3.05) is 39.1 Å². The van der Waals surface area contributed by atoms with Crippen molar-refractivity contribution in [1.29, 1.82) is 0 Å². The molecule has 0 atom stereocenters. The third kappa shape index (κ3) is 8.69. The molecule has 0 saturated heterocycles. The van der Waals surface area contributed by atoms with Gasteiger partial charge in [-0.25, -0.2) is 0 Å². The summed E-state index contributed by atoms with van der Waals surface area (Å²) in [6.45, 7) is 11.0. The van der Waals surface area contributed by atoms with Crippen molar-refractivity contribution in [2.24, 2.45) is 10.9 Å². The van der Waals surface area contributed by atoms with Crippen molar-refractivity contribution in [3.63, 3.8) is 0 Å². The van der Waals surface area contributed by atoms with Gasteiger partial charge < -0.3 is 15.4 Å². The number of ether oxygens (including phenoxy) is 1. The lowest BCUT2D eigenvalue weighted by atomic mass is 10.2. The van der Waals surface area contributed by atoms with Crippen LogP contribution in [0.1, 0.15) is 40.0 Å². The molecule has 0 aromatic rings. The van der Waals surface area contributed by atoms with Gasteiger partial charge in [0.1, 0.15) is 0 Å². The van der Waals surface area contributed by atoms with Gasteiger partial charge in [0.2, 0.25) is 0 Å². The van der Waals surface area contributed by atoms with Gasteiger partial charge in [-0.1, -0.05) is 0 Å². The number of guanidine groups is 1. The first-order valence-electron chi connectivity index (χ1n) is 7.72. The van der Waals surface area contributed by atoms with Crippen molar-refractivity contribution in [3.05, 3.63) is 0 Å². The van der Waals surface area contributed by atoms with Crippen LogP contribution in [0, 0.1) is 5.92 Å². The van der Waals surface area contributed by atoms with Gasteiger partial charge in [0.15, 0.2) is 5.96 Å². The zero-order valence-electron chi connectivity index (χ0n) is 13.5. The quantitative estimate of drug-likeness (QED) is 0.370. The van der Waals surface area contributed by atoms with Gasteiger partial charge >= 0.3 is 0 Å². The SMILES string of the molecule is CCNC(=NCC(C)(C)SC)NCCCOCC1CC1. The first-order valence-corrected chi connectivity index (χ1v) is 8.95. The zero-order valence-corrected chi connectivity index (χ0v) is 14.3. The summed E-state index contributed by atoms with van der Waals surface area (Å²) in [6.07, 6.45) is 5.89. The van der Waals surface area contributed by atoms with Crippen molar-refractivity contribution in [2.45, 2.75) is 44.8 Å². The Morgan fingerprint density at radius 3 is 2.70 bits per heavy atom. The van der Waals surface area contributed by atoms with Crippen molar-refractivity contribution in [1.82, 2.24) is 10.6 Å². The number of hydrogen-bond acceptors (Lipinski definition) is 3. The molecule has 1 aliphatic carbocycles. The summed E-state index contributed by atoms with van der Waals surface area (Å²) >= 11 is 1.85. The van der Waals surface area contributed by atoms with Crippen LogP contribution >= 0.6 is 11.8 Å². The van der Waals surface area contributed by atoms with Crippen molar-refractivity contribution < 1.29 is 4.74 Å². The number of hydrogen-bond donors (Lipinski definition) is 2. The lowest BCUT2D eigenvalue weighted by Gasteiger charge is -2.20. The normalized spacial score (nSPS) is 16.3. The van der Waals surface area contributed by atoms with Crippen LogP contribution in [0.25, 0.3) is 0 Å². The summed E-state index contributed by atoms with van der Waals surface area (Å²) in [5, 5.41) is 6.66. The second kappa shape index (κ2) is 9.50. The molecule has 0 radical (unpaired) electrons. The van der Waals surface area contributed by atoms with Crippen LogP contribution in [0.3, 0.4) is 0 Å². The largest absolute Gasteiger partial charge is 0.381 e. The molecular formula is C15H31N3OS. The molecule has 1 saturated carbocycles. The van der Waals surface area contributed by atoms with E-state index in [-0.39, 0.29) is 4.75 Å². The summed E-state index contributed by atoms with van der Waals surface area (Å²) < 4.78 is 5.82. The average Bonchev–Trinajstić information content (AvgIpc) is 3.24. The number of thioether (sulfide) groups is 1. The molecule has 0 bridgehead atoms. The van der Waals surface area contributed by atoms with E-state index < -0.39 is 0 Å². The Labute approximate surface area is 128 Å². The van der Waals surface area contributed by atoms with E-state index in [0.29, 0.717) is 0 Å². The minimum Gasteiger partial charge on any atom is -0.381 e. The Balaban J connectivity index is 2.14. The van der Waals surface area contributed by atoms with Gasteiger partial charge in [0, 0.05) is 31.1 Å². The van der Waals surface area contributed by atoms with Gasteiger partial charge in [0.25, 0.3) is 0 Å². The maximum atomic E-state index is 5.63. The van der Waals surface area contributed by atoms with Crippen LogP contribution in [-0.4, -0.2) is 49.8 Å². The lowest BCUT2D eigenvalue weighted by Crippen LogP contribution is -2.39. The van der Waals surface area contributed by atoms with Crippen LogP contribution in [0.4, 0.5) is 0 Å². The topological polar surface area (TPSA) is 45.7 Å². The van der Waals surface area contributed by atoms with Crippen molar-refractivity contribution in [3.8, 4) is 0 Å². The Bertz CT molecular complexity index is 291. The van der Waals surface area contributed by atoms with Gasteiger partial charge in [0.05, 0.1) is 6.54 Å². The number of nitrogens with one attached hydrogen (secondary N) is 2. The minimum atomic E-state index is 0.190. The van der Waals surface area contributed by atoms with Crippen LogP contribution in [-0.2, 0) is 4.74 Å². The molecule has 1 rings (SSSR count). The number of aliphatic imine (C=N–C) groups is 1. The van der Waals surface area contributed by atoms with E-state index in [1.807, 2.05) is 11.8 Å². The predicted octanol–water partition coefficient (Wildman–Crippen LogP) is 2.50. The highest BCUT2D eigenvalue weighted by Gasteiger charge is 2.20. The molecule has 0 unspecified atom stereocenters. The highest BCUT2D eigenvalue weighted by Crippen LogP contribution is 2.28. The van der Waals surface area contributed by atoms with Crippen molar-refractivity contribution >= 4 is 17.7 Å². The maximum Gasteiger partial charge on any atom is 0.191 e. The number of rotatable bonds is 10. The summed E-state index contributed by atoms with van der Waals surface area (Å²) in [7, 11) is 0. The van der Waals surface area contributed by atoms with E-state index >= 15 is 0 Å². The second-order valence-electron chi connectivity index (χ2n) is 5.96. The minimum absolute atomic E-state index is 0.190. The molecule has 1 aliphatic rings. The molecule has 0 heterocycles. The van der Waals surface area contributed by atoms with E-state index in [9.17, 15) is 0 Å². The molecule has 1 fully saturated rings. The Morgan fingerprint density at radius 2 is 2.10 bits per heavy atom. The molecule has 0 aromatic carbocycles. The first kappa shape index (κ1) is 17.6. The standard InChI is InChI=1S/C15H31N3OS/c1-5-16-14(18-12-15(2,3)20-4)17-9-6-10-19-11-13-7-8-13/h13H,5-12H2,1-4H3,(H2,16,17,18). The fraction of sp³-hybridized carbons (Fsp3) is 0.933. The van der Waals surface area contributed by atoms with Crippen LogP contribution < -0.4 is 10.6 Å². The zero-order chi connectivity index (χ0) is 14.8. The summed E-state index contributed by atoms with van der Waals surface area (Å²) in [5.74, 6) is 1.77. The van der Waals surface area contributed by atoms with Crippen LogP contribution in [0.5, 0.6) is 0 Å². The summed E-state index contributed by atoms with van der Waals surface area (Å²) in [4.78, 5) is 4.64. The van der Waals surface area contributed by atoms with Crippen LogP contribution in [0.15, 0.2) is 4.99 Å². The van der Waals surface area contributed by atoms with Gasteiger partial charge in [-0.2, -0.15) is 11.8 Å². The van der Waals surface area contributed by atoms with Gasteiger partial charge in [-0.15, -0.1) is 0 Å². The average molecular weight is 302 g/mol. The Kier molecular flexibility index (Phi) is 8.38. The second-order valence-corrected chi connectivity index (χ2v) is 7.47. The fourth-order valence-electron chi connectivity index (χ4n) is 1.59. The fourth-order valence-corrected chi connectivity index (χ4v) is 1.78. The third-order valence-electron chi connectivity index (χ3n) is 3.32. The molecular weight excluding hydrogens is 270 g/mol. The summed E-state index contributed by atoms with van der Waals surface area (Å²) in [6, 6.07) is 0. The predicted molar refractivity (Wildman–Crippen MR) is 89.7 cm³/mol. The molecule has 0 amide bonds. The smallest absolute Gasteiger partial charge is 0.191 e. The van der Waals surface area contributed by atoms with Gasteiger partial charge in [-0.05, 0) is 52.2 Å². The molecule has 0 aliphatic heterocycles. The molecule has 5 heteroatoms. The van der Waals surface area contributed by atoms with E-state index in [1.54, 1.807) is 0 Å². The Morgan fingerprint density at radius 1 is 1.35 bits per heavy atom. The van der Waals surface area contributed by atoms with E-state index in [2.05, 4.69) is 42.7 Å². The molecule has 0 spiro atoms. The monoisotopic (exact) mass is 301 g/mol. The van der Waals surface area contributed by atoms with E-state index in [0.717, 1.165) is 51.1 Å². The first-order chi connectivity index (χ1) is 9.57. The van der Waals surface area contributed by atoms with Crippen LogP contribution in [0.2, 0.25) is 0 Å². The highest BCUT2D eigenvalue weighted by molar-refractivity contribution is 7.99. The van der Waals surface area contributed by atoms with Gasteiger partial charge in [-0.3, -0.25) is 4.99 Å². The molecule has 4 nitrogen and oxygen atoms in total. The maximum absolute atomic E-state index is 5.63. The number of nitrogens with zero attached hydrogens (tertiary/aromatic N) is 1. The lowest BCUT2D eigenvalue weighted by molar-refractivity contribution is 0.123. The molecule has 2 N–H and O–H groups in total. The van der Waals surface area contributed by atoms with E-state index in [1.165, 1.54) is 12.8 Å². The molecule has 20 heavy (non-hydrogen) atoms.